The van der Waals surface area contributed by atoms with E-state index in [1.54, 1.807) is 0 Å². The van der Waals surface area contributed by atoms with E-state index in [9.17, 15) is 0 Å². The molecule has 0 aliphatic heterocycles. The number of hydrogen-bond acceptors (Lipinski definition) is 0. The third kappa shape index (κ3) is 2.20. The number of rotatable bonds is 2. The first-order chi connectivity index (χ1) is 9.68. The Balaban J connectivity index is 2.17. The maximum Gasteiger partial charge on any atom is 0.0429 e. The van der Waals surface area contributed by atoms with Gasteiger partial charge in [-0.1, -0.05) is 79.6 Å². The molecule has 0 fully saturated rings. The molecule has 0 spiro atoms. The predicted molar refractivity (Wildman–Crippen MR) is 85.9 cm³/mol. The van der Waals surface area contributed by atoms with Crippen molar-refractivity contribution in [2.24, 2.45) is 11.8 Å². The van der Waals surface area contributed by atoms with Gasteiger partial charge in [0.2, 0.25) is 0 Å². The number of benzene rings is 1. The Morgan fingerprint density at radius 3 is 2.40 bits per heavy atom. The summed E-state index contributed by atoms with van der Waals surface area (Å²) in [5, 5.41) is 0. The lowest BCUT2D eigenvalue weighted by atomic mass is 9.85. The normalized spacial score (nSPS) is 21.7. The molecule has 1 aromatic carbocycles. The van der Waals surface area contributed by atoms with Crippen molar-refractivity contribution in [2.45, 2.75) is 20.8 Å². The van der Waals surface area contributed by atoms with E-state index in [0.717, 1.165) is 0 Å². The van der Waals surface area contributed by atoms with Crippen LogP contribution in [0.25, 0.3) is 5.57 Å². The molecule has 0 heteroatoms. The Labute approximate surface area is 122 Å². The largest absolute Gasteiger partial charge is 0.0624 e. The molecule has 2 radical (unpaired) electrons. The summed E-state index contributed by atoms with van der Waals surface area (Å²) >= 11 is 0. The summed E-state index contributed by atoms with van der Waals surface area (Å²) in [7, 11) is 0. The van der Waals surface area contributed by atoms with Crippen LogP contribution < -0.4 is 0 Å². The van der Waals surface area contributed by atoms with Gasteiger partial charge in [0.1, 0.15) is 0 Å². The Kier molecular flexibility index (Phi) is 3.48. The van der Waals surface area contributed by atoms with Gasteiger partial charge in [-0.3, -0.25) is 0 Å². The number of fused-ring (bicyclic) bond motifs is 1. The SMILES string of the molecule is CC1=CC=CC=C2[C]C(C(C)C)=C(c3ccccc3)C12. The smallest absolute Gasteiger partial charge is 0.0429 e. The molecule has 100 valence electrons. The van der Waals surface area contributed by atoms with E-state index < -0.39 is 0 Å². The van der Waals surface area contributed by atoms with Gasteiger partial charge in [0.15, 0.2) is 0 Å². The molecule has 1 atom stereocenters. The van der Waals surface area contributed by atoms with Crippen LogP contribution in [0.15, 0.2) is 71.4 Å². The molecule has 1 aromatic rings. The van der Waals surface area contributed by atoms with E-state index in [4.69, 9.17) is 0 Å². The summed E-state index contributed by atoms with van der Waals surface area (Å²) in [5.41, 5.74) is 6.81. The van der Waals surface area contributed by atoms with Gasteiger partial charge in [-0.25, -0.2) is 0 Å². The van der Waals surface area contributed by atoms with Crippen LogP contribution in [0.3, 0.4) is 0 Å². The monoisotopic (exact) mass is 260 g/mol. The average Bonchev–Trinajstić information content (AvgIpc) is 2.75. The van der Waals surface area contributed by atoms with Gasteiger partial charge in [0, 0.05) is 12.3 Å². The molecule has 0 aromatic heterocycles. The zero-order valence-electron chi connectivity index (χ0n) is 12.4. The van der Waals surface area contributed by atoms with Crippen LogP contribution in [0.2, 0.25) is 0 Å². The summed E-state index contributed by atoms with van der Waals surface area (Å²) < 4.78 is 0. The zero-order valence-corrected chi connectivity index (χ0v) is 12.4. The van der Waals surface area contributed by atoms with Gasteiger partial charge in [-0.05, 0) is 29.6 Å². The molecule has 0 saturated carbocycles. The van der Waals surface area contributed by atoms with E-state index in [0.29, 0.717) is 11.8 Å². The van der Waals surface area contributed by atoms with Crippen molar-refractivity contribution in [1.29, 1.82) is 0 Å². The van der Waals surface area contributed by atoms with Crippen LogP contribution in [-0.4, -0.2) is 0 Å². The van der Waals surface area contributed by atoms with Crippen molar-refractivity contribution < 1.29 is 0 Å². The van der Waals surface area contributed by atoms with Gasteiger partial charge in [-0.2, -0.15) is 0 Å². The van der Waals surface area contributed by atoms with Crippen molar-refractivity contribution in [1.82, 2.24) is 0 Å². The fraction of sp³-hybridized carbons (Fsp3) is 0.250. The third-order valence-electron chi connectivity index (χ3n) is 4.03. The first-order valence-corrected chi connectivity index (χ1v) is 7.30. The molecule has 1 unspecified atom stereocenters. The molecule has 0 bridgehead atoms. The molecule has 3 rings (SSSR count). The number of allylic oxidation sites excluding steroid dienone is 8. The van der Waals surface area contributed by atoms with Crippen molar-refractivity contribution in [3.63, 3.8) is 0 Å². The first kappa shape index (κ1) is 13.2. The van der Waals surface area contributed by atoms with Crippen molar-refractivity contribution in [3.05, 3.63) is 83.3 Å². The minimum absolute atomic E-state index is 0.366. The summed E-state index contributed by atoms with van der Waals surface area (Å²) in [6, 6.07) is 10.8. The Bertz CT molecular complexity index is 621. The molecule has 0 saturated heterocycles. The van der Waals surface area contributed by atoms with E-state index in [-0.39, 0.29) is 0 Å². The molecular formula is C20H20. The Morgan fingerprint density at radius 2 is 1.70 bits per heavy atom. The van der Waals surface area contributed by atoms with Crippen LogP contribution >= 0.6 is 0 Å². The summed E-state index contributed by atoms with van der Waals surface area (Å²) in [5.74, 6) is 0.861. The molecule has 0 heterocycles. The van der Waals surface area contributed by atoms with Crippen molar-refractivity contribution >= 4 is 5.57 Å². The maximum atomic E-state index is 3.66. The molecule has 0 amide bonds. The average molecular weight is 260 g/mol. The quantitative estimate of drug-likeness (QED) is 0.681. The van der Waals surface area contributed by atoms with Crippen molar-refractivity contribution in [3.8, 4) is 0 Å². The Morgan fingerprint density at radius 1 is 1.00 bits per heavy atom. The lowest BCUT2D eigenvalue weighted by Crippen LogP contribution is -2.04. The molecule has 20 heavy (non-hydrogen) atoms. The Hall–Kier alpha value is -1.82. The van der Waals surface area contributed by atoms with Gasteiger partial charge in [-0.15, -0.1) is 0 Å². The molecular weight excluding hydrogens is 240 g/mol. The summed E-state index contributed by atoms with van der Waals surface area (Å²) in [6.07, 6.45) is 12.3. The lowest BCUT2D eigenvalue weighted by molar-refractivity contribution is 0.787. The third-order valence-corrected chi connectivity index (χ3v) is 4.03. The van der Waals surface area contributed by atoms with Crippen LogP contribution in [0.5, 0.6) is 0 Å². The van der Waals surface area contributed by atoms with Gasteiger partial charge in [0.25, 0.3) is 0 Å². The molecule has 0 N–H and O–H groups in total. The van der Waals surface area contributed by atoms with Gasteiger partial charge >= 0.3 is 0 Å². The topological polar surface area (TPSA) is 0 Å². The lowest BCUT2D eigenvalue weighted by Gasteiger charge is -2.19. The van der Waals surface area contributed by atoms with E-state index >= 15 is 0 Å². The first-order valence-electron chi connectivity index (χ1n) is 7.30. The number of hydrogen-bond donors (Lipinski definition) is 0. The van der Waals surface area contributed by atoms with E-state index in [2.05, 4.69) is 81.8 Å². The molecule has 0 nitrogen and oxygen atoms in total. The van der Waals surface area contributed by atoms with E-state index in [1.165, 1.54) is 27.9 Å². The highest BCUT2D eigenvalue weighted by Crippen LogP contribution is 2.48. The van der Waals surface area contributed by atoms with E-state index in [1.807, 2.05) is 0 Å². The second kappa shape index (κ2) is 5.28. The fourth-order valence-corrected chi connectivity index (χ4v) is 3.07. The predicted octanol–water partition coefficient (Wildman–Crippen LogP) is 5.25. The maximum absolute atomic E-state index is 3.66. The van der Waals surface area contributed by atoms with Crippen LogP contribution in [0.1, 0.15) is 26.3 Å². The fourth-order valence-electron chi connectivity index (χ4n) is 3.07. The highest BCUT2D eigenvalue weighted by atomic mass is 14.4. The zero-order chi connectivity index (χ0) is 14.1. The van der Waals surface area contributed by atoms with Crippen LogP contribution in [0.4, 0.5) is 0 Å². The second-order valence-corrected chi connectivity index (χ2v) is 5.82. The minimum Gasteiger partial charge on any atom is -0.0624 e. The highest BCUT2D eigenvalue weighted by molar-refractivity contribution is 5.83. The van der Waals surface area contributed by atoms with Crippen LogP contribution in [-0.2, 0) is 0 Å². The van der Waals surface area contributed by atoms with Gasteiger partial charge in [0.05, 0.1) is 0 Å². The second-order valence-electron chi connectivity index (χ2n) is 5.82. The summed E-state index contributed by atoms with van der Waals surface area (Å²) in [4.78, 5) is 0. The highest BCUT2D eigenvalue weighted by Gasteiger charge is 2.33. The van der Waals surface area contributed by atoms with Crippen LogP contribution in [0, 0.1) is 18.3 Å². The summed E-state index contributed by atoms with van der Waals surface area (Å²) in [6.45, 7) is 6.74. The molecule has 2 aliphatic carbocycles. The minimum atomic E-state index is 0.366. The molecule has 2 aliphatic rings. The van der Waals surface area contributed by atoms with Gasteiger partial charge < -0.3 is 0 Å². The van der Waals surface area contributed by atoms with Crippen molar-refractivity contribution in [2.75, 3.05) is 0 Å². The standard InChI is InChI=1S/C20H20/c1-14(2)18-13-17-12-8-7-9-15(3)19(17)20(18)16-10-5-4-6-11-16/h4-12,14,19H,1-3H3.